The second kappa shape index (κ2) is 9.86. The van der Waals surface area contributed by atoms with Crippen molar-refractivity contribution in [3.8, 4) is 5.75 Å². The average Bonchev–Trinajstić information content (AvgIpc) is 3.08. The van der Waals surface area contributed by atoms with E-state index in [4.69, 9.17) is 11.6 Å². The minimum Gasteiger partial charge on any atom is -0.507 e. The highest BCUT2D eigenvalue weighted by molar-refractivity contribution is 8.18. The Morgan fingerprint density at radius 1 is 1.06 bits per heavy atom. The molecule has 4 rings (SSSR count). The molecular formula is C23H15ClN4O5S. The number of halogens is 1. The van der Waals surface area contributed by atoms with Gasteiger partial charge in [0.05, 0.1) is 27.1 Å². The number of thioether (sulfide) groups is 1. The van der Waals surface area contributed by atoms with Crippen molar-refractivity contribution in [3.63, 3.8) is 0 Å². The Bertz CT molecular complexity index is 1360. The quantitative estimate of drug-likeness (QED) is 0.178. The van der Waals surface area contributed by atoms with Gasteiger partial charge in [0.25, 0.3) is 16.8 Å². The summed E-state index contributed by atoms with van der Waals surface area (Å²) >= 11 is 6.81. The van der Waals surface area contributed by atoms with Crippen LogP contribution in [0.3, 0.4) is 0 Å². The summed E-state index contributed by atoms with van der Waals surface area (Å²) in [4.78, 5) is 36.7. The second-order valence-electron chi connectivity index (χ2n) is 7.09. The first-order chi connectivity index (χ1) is 16.3. The molecule has 3 aromatic rings. The van der Waals surface area contributed by atoms with Crippen LogP contribution in [0.2, 0.25) is 5.02 Å². The SMILES string of the molecule is O=C1S/C(=C\c2cc(N=Nc3ccccc3Cl)ccc2O)C(=O)N1Cc1ccc([N+](=O)[O-])cc1. The third-order valence-corrected chi connectivity index (χ3v) is 6.01. The van der Waals surface area contributed by atoms with Gasteiger partial charge in [-0.2, -0.15) is 5.11 Å². The standard InChI is InChI=1S/C23H15ClN4O5S/c24-18-3-1-2-4-19(18)26-25-16-7-10-20(29)15(11-16)12-21-22(30)27(23(31)34-21)13-14-5-8-17(9-6-14)28(32)33/h1-12,29H,13H2/b21-12-,26-25?. The summed E-state index contributed by atoms with van der Waals surface area (Å²) in [6, 6.07) is 17.0. The van der Waals surface area contributed by atoms with Crippen molar-refractivity contribution < 1.29 is 19.6 Å². The highest BCUT2D eigenvalue weighted by Gasteiger charge is 2.35. The number of nitrogens with zero attached hydrogens (tertiary/aromatic N) is 4. The molecule has 34 heavy (non-hydrogen) atoms. The van der Waals surface area contributed by atoms with E-state index in [1.807, 2.05) is 0 Å². The number of phenols is 1. The zero-order valence-corrected chi connectivity index (χ0v) is 18.9. The molecule has 0 bridgehead atoms. The van der Waals surface area contributed by atoms with Crippen molar-refractivity contribution in [2.45, 2.75) is 6.54 Å². The van der Waals surface area contributed by atoms with E-state index in [-0.39, 0.29) is 28.5 Å². The van der Waals surface area contributed by atoms with Crippen molar-refractivity contribution in [1.82, 2.24) is 4.90 Å². The zero-order chi connectivity index (χ0) is 24.2. The molecule has 1 aliphatic heterocycles. The number of rotatable bonds is 6. The fraction of sp³-hybridized carbons (Fsp3) is 0.0435. The summed E-state index contributed by atoms with van der Waals surface area (Å²) in [6.45, 7) is -0.0297. The summed E-state index contributed by atoms with van der Waals surface area (Å²) in [6.07, 6.45) is 1.41. The van der Waals surface area contributed by atoms with Crippen LogP contribution in [0.25, 0.3) is 6.08 Å². The predicted molar refractivity (Wildman–Crippen MR) is 128 cm³/mol. The summed E-state index contributed by atoms with van der Waals surface area (Å²) < 4.78 is 0. The highest BCUT2D eigenvalue weighted by Crippen LogP contribution is 2.36. The Morgan fingerprint density at radius 3 is 2.50 bits per heavy atom. The monoisotopic (exact) mass is 494 g/mol. The first kappa shape index (κ1) is 23.1. The molecule has 0 unspecified atom stereocenters. The van der Waals surface area contributed by atoms with Crippen LogP contribution in [0.5, 0.6) is 5.75 Å². The van der Waals surface area contributed by atoms with Gasteiger partial charge in [-0.05, 0) is 53.7 Å². The molecule has 0 atom stereocenters. The van der Waals surface area contributed by atoms with E-state index in [9.17, 15) is 24.8 Å². The topological polar surface area (TPSA) is 125 Å². The Kier molecular flexibility index (Phi) is 6.71. The van der Waals surface area contributed by atoms with Crippen LogP contribution in [0, 0.1) is 10.1 Å². The van der Waals surface area contributed by atoms with Crippen LogP contribution in [0.15, 0.2) is 81.9 Å². The van der Waals surface area contributed by atoms with Gasteiger partial charge < -0.3 is 5.11 Å². The third-order valence-electron chi connectivity index (χ3n) is 4.78. The molecule has 3 aromatic carbocycles. The number of benzene rings is 3. The number of nitro groups is 1. The lowest BCUT2D eigenvalue weighted by atomic mass is 10.1. The number of hydrogen-bond acceptors (Lipinski definition) is 8. The maximum absolute atomic E-state index is 12.8. The van der Waals surface area contributed by atoms with Crippen molar-refractivity contribution in [1.29, 1.82) is 0 Å². The van der Waals surface area contributed by atoms with Crippen molar-refractivity contribution in [2.75, 3.05) is 0 Å². The summed E-state index contributed by atoms with van der Waals surface area (Å²) in [5.41, 5.74) is 1.66. The molecule has 1 saturated heterocycles. The average molecular weight is 495 g/mol. The predicted octanol–water partition coefficient (Wildman–Crippen LogP) is 6.61. The van der Waals surface area contributed by atoms with Gasteiger partial charge in [0, 0.05) is 17.7 Å². The van der Waals surface area contributed by atoms with Gasteiger partial charge in [-0.3, -0.25) is 24.6 Å². The van der Waals surface area contributed by atoms with Crippen LogP contribution in [0.1, 0.15) is 11.1 Å². The first-order valence-corrected chi connectivity index (χ1v) is 11.0. The van der Waals surface area contributed by atoms with Gasteiger partial charge in [0.1, 0.15) is 11.4 Å². The largest absolute Gasteiger partial charge is 0.507 e. The number of aromatic hydroxyl groups is 1. The Labute approximate surface area is 202 Å². The number of hydrogen-bond donors (Lipinski definition) is 1. The first-order valence-electron chi connectivity index (χ1n) is 9.80. The van der Waals surface area contributed by atoms with E-state index in [0.717, 1.165) is 16.7 Å². The van der Waals surface area contributed by atoms with E-state index < -0.39 is 16.1 Å². The van der Waals surface area contributed by atoms with Gasteiger partial charge in [0.15, 0.2) is 0 Å². The van der Waals surface area contributed by atoms with Crippen LogP contribution in [-0.4, -0.2) is 26.1 Å². The molecule has 0 saturated carbocycles. The number of phenolic OH excluding ortho intramolecular Hbond substituents is 1. The lowest BCUT2D eigenvalue weighted by Gasteiger charge is -2.12. The molecular weight excluding hydrogens is 480 g/mol. The van der Waals surface area contributed by atoms with E-state index >= 15 is 0 Å². The molecule has 1 heterocycles. The minimum atomic E-state index is -0.532. The van der Waals surface area contributed by atoms with Crippen molar-refractivity contribution in [2.24, 2.45) is 10.2 Å². The summed E-state index contributed by atoms with van der Waals surface area (Å²) in [5.74, 6) is -0.630. The molecule has 1 N–H and O–H groups in total. The number of azo groups is 1. The van der Waals surface area contributed by atoms with Gasteiger partial charge in [-0.25, -0.2) is 0 Å². The fourth-order valence-corrected chi connectivity index (χ4v) is 4.05. The molecule has 0 spiro atoms. The van der Waals surface area contributed by atoms with Crippen LogP contribution >= 0.6 is 23.4 Å². The maximum Gasteiger partial charge on any atom is 0.293 e. The molecule has 11 heteroatoms. The van der Waals surface area contributed by atoms with E-state index in [0.29, 0.717) is 22.0 Å². The number of nitro benzene ring substituents is 1. The minimum absolute atomic E-state index is 0.0297. The van der Waals surface area contributed by atoms with Crippen LogP contribution < -0.4 is 0 Å². The Morgan fingerprint density at radius 2 is 1.79 bits per heavy atom. The number of carbonyl (C=O) groups excluding carboxylic acids is 2. The smallest absolute Gasteiger partial charge is 0.293 e. The summed E-state index contributed by atoms with van der Waals surface area (Å²) in [5, 5.41) is 29.2. The van der Waals surface area contributed by atoms with Gasteiger partial charge in [-0.1, -0.05) is 35.9 Å². The number of non-ortho nitro benzene ring substituents is 1. The van der Waals surface area contributed by atoms with Gasteiger partial charge in [0.2, 0.25) is 0 Å². The third kappa shape index (κ3) is 5.13. The van der Waals surface area contributed by atoms with Crippen LogP contribution in [-0.2, 0) is 11.3 Å². The molecule has 1 aliphatic rings. The van der Waals surface area contributed by atoms with Crippen molar-refractivity contribution >= 4 is 57.6 Å². The maximum atomic E-state index is 12.8. The van der Waals surface area contributed by atoms with Gasteiger partial charge >= 0.3 is 0 Å². The number of imide groups is 1. The zero-order valence-electron chi connectivity index (χ0n) is 17.3. The van der Waals surface area contributed by atoms with Crippen molar-refractivity contribution in [3.05, 3.63) is 97.9 Å². The lowest BCUT2D eigenvalue weighted by molar-refractivity contribution is -0.384. The fourth-order valence-electron chi connectivity index (χ4n) is 3.05. The Balaban J connectivity index is 1.54. The summed E-state index contributed by atoms with van der Waals surface area (Å²) in [7, 11) is 0. The van der Waals surface area contributed by atoms with E-state index in [1.165, 1.54) is 42.5 Å². The molecule has 0 radical (unpaired) electrons. The molecule has 170 valence electrons. The van der Waals surface area contributed by atoms with E-state index in [2.05, 4.69) is 10.2 Å². The van der Waals surface area contributed by atoms with Gasteiger partial charge in [-0.15, -0.1) is 5.11 Å². The number of carbonyl (C=O) groups is 2. The lowest BCUT2D eigenvalue weighted by Crippen LogP contribution is -2.27. The number of amides is 2. The highest BCUT2D eigenvalue weighted by atomic mass is 35.5. The normalized spacial score (nSPS) is 15.0. The molecule has 0 aliphatic carbocycles. The molecule has 0 aromatic heterocycles. The van der Waals surface area contributed by atoms with Crippen LogP contribution in [0.4, 0.5) is 21.9 Å². The van der Waals surface area contributed by atoms with E-state index in [1.54, 1.807) is 30.3 Å². The molecule has 2 amide bonds. The Hall–Kier alpha value is -4.02. The molecule has 9 nitrogen and oxygen atoms in total. The second-order valence-corrected chi connectivity index (χ2v) is 8.49. The molecule has 1 fully saturated rings.